The largest absolute Gasteiger partial charge is 0.336 e. The summed E-state index contributed by atoms with van der Waals surface area (Å²) in [6.45, 7) is 1.87. The lowest BCUT2D eigenvalue weighted by atomic mass is 10.2. The number of rotatable bonds is 4. The zero-order valence-corrected chi connectivity index (χ0v) is 13.6. The lowest BCUT2D eigenvalue weighted by Gasteiger charge is -2.10. The first-order chi connectivity index (χ1) is 11.9. The van der Waals surface area contributed by atoms with Gasteiger partial charge in [-0.05, 0) is 36.8 Å². The van der Waals surface area contributed by atoms with Gasteiger partial charge < -0.3 is 10.6 Å². The van der Waals surface area contributed by atoms with E-state index in [9.17, 15) is 13.2 Å². The molecule has 9 heteroatoms. The van der Waals surface area contributed by atoms with Gasteiger partial charge in [-0.3, -0.25) is 0 Å². The maximum Gasteiger partial charge on any atom is 0.249 e. The molecule has 1 heterocycles. The minimum absolute atomic E-state index is 0.0992. The fourth-order valence-corrected chi connectivity index (χ4v) is 2.20. The third-order valence-electron chi connectivity index (χ3n) is 3.30. The van der Waals surface area contributed by atoms with Crippen LogP contribution in [0.1, 0.15) is 5.56 Å². The molecule has 0 aliphatic carbocycles. The van der Waals surface area contributed by atoms with Crippen molar-refractivity contribution in [1.82, 2.24) is 15.2 Å². The van der Waals surface area contributed by atoms with Crippen molar-refractivity contribution in [3.63, 3.8) is 0 Å². The average molecular weight is 366 g/mol. The SMILES string of the molecule is Cc1ccc(Cl)cc1Nc1nncc(Nc2ccc(F)c(F)c2F)n1. The molecule has 5 nitrogen and oxygen atoms in total. The van der Waals surface area contributed by atoms with Crippen molar-refractivity contribution in [2.24, 2.45) is 0 Å². The summed E-state index contributed by atoms with van der Waals surface area (Å²) in [5, 5.41) is 13.6. The zero-order valence-electron chi connectivity index (χ0n) is 12.8. The molecular weight excluding hydrogens is 355 g/mol. The molecule has 0 radical (unpaired) electrons. The molecule has 128 valence electrons. The van der Waals surface area contributed by atoms with Crippen molar-refractivity contribution >= 4 is 34.7 Å². The van der Waals surface area contributed by atoms with E-state index in [1.165, 1.54) is 6.20 Å². The minimum atomic E-state index is -1.57. The van der Waals surface area contributed by atoms with E-state index in [1.807, 2.05) is 13.0 Å². The van der Waals surface area contributed by atoms with Gasteiger partial charge in [0.25, 0.3) is 0 Å². The molecule has 0 amide bonds. The molecule has 2 aromatic carbocycles. The number of hydrogen-bond acceptors (Lipinski definition) is 5. The van der Waals surface area contributed by atoms with E-state index in [2.05, 4.69) is 25.8 Å². The lowest BCUT2D eigenvalue weighted by Crippen LogP contribution is -2.05. The highest BCUT2D eigenvalue weighted by Crippen LogP contribution is 2.25. The van der Waals surface area contributed by atoms with Crippen molar-refractivity contribution in [2.45, 2.75) is 6.92 Å². The zero-order chi connectivity index (χ0) is 18.0. The maximum atomic E-state index is 13.7. The van der Waals surface area contributed by atoms with Crippen LogP contribution in [0.25, 0.3) is 0 Å². The van der Waals surface area contributed by atoms with E-state index in [-0.39, 0.29) is 17.5 Å². The number of nitrogens with one attached hydrogen (secondary N) is 2. The van der Waals surface area contributed by atoms with Gasteiger partial charge in [-0.1, -0.05) is 17.7 Å². The predicted octanol–water partition coefficient (Wildman–Crippen LogP) is 4.74. The fraction of sp³-hybridized carbons (Fsp3) is 0.0625. The van der Waals surface area contributed by atoms with E-state index in [0.29, 0.717) is 10.7 Å². The molecule has 0 saturated heterocycles. The number of halogens is 4. The first-order valence-corrected chi connectivity index (χ1v) is 7.45. The van der Waals surface area contributed by atoms with Gasteiger partial charge in [-0.15, -0.1) is 5.10 Å². The number of anilines is 4. The second-order valence-electron chi connectivity index (χ2n) is 5.10. The Bertz CT molecular complexity index is 936. The Morgan fingerprint density at radius 3 is 2.56 bits per heavy atom. The summed E-state index contributed by atoms with van der Waals surface area (Å²) in [6.07, 6.45) is 1.22. The van der Waals surface area contributed by atoms with Crippen LogP contribution in [-0.2, 0) is 0 Å². The van der Waals surface area contributed by atoms with Gasteiger partial charge >= 0.3 is 0 Å². The van der Waals surface area contributed by atoms with Crippen LogP contribution in [-0.4, -0.2) is 15.2 Å². The number of nitrogens with zero attached hydrogens (tertiary/aromatic N) is 3. The standard InChI is InChI=1S/C16H11ClF3N5/c1-8-2-3-9(17)6-12(8)23-16-24-13(7-21-25-16)22-11-5-4-10(18)14(19)15(11)20/h2-7H,1H3,(H2,22,23,24,25). The highest BCUT2D eigenvalue weighted by atomic mass is 35.5. The van der Waals surface area contributed by atoms with E-state index in [0.717, 1.165) is 17.7 Å². The van der Waals surface area contributed by atoms with Gasteiger partial charge in [0.15, 0.2) is 23.3 Å². The molecule has 0 atom stereocenters. The molecule has 0 saturated carbocycles. The van der Waals surface area contributed by atoms with Crippen LogP contribution in [0.3, 0.4) is 0 Å². The third kappa shape index (κ3) is 3.80. The quantitative estimate of drug-likeness (QED) is 0.654. The Balaban J connectivity index is 1.85. The average Bonchev–Trinajstić information content (AvgIpc) is 2.59. The van der Waals surface area contributed by atoms with Crippen molar-refractivity contribution in [3.8, 4) is 0 Å². The monoisotopic (exact) mass is 365 g/mol. The first-order valence-electron chi connectivity index (χ1n) is 7.07. The fourth-order valence-electron chi connectivity index (χ4n) is 2.03. The van der Waals surface area contributed by atoms with Crippen molar-refractivity contribution in [2.75, 3.05) is 10.6 Å². The molecule has 0 unspecified atom stereocenters. The molecule has 0 fully saturated rings. The van der Waals surface area contributed by atoms with Gasteiger partial charge in [0.05, 0.1) is 11.9 Å². The van der Waals surface area contributed by atoms with Gasteiger partial charge in [-0.25, -0.2) is 13.2 Å². The maximum absolute atomic E-state index is 13.7. The molecule has 1 aromatic heterocycles. The number of aromatic nitrogens is 3. The lowest BCUT2D eigenvalue weighted by molar-refractivity contribution is 0.449. The van der Waals surface area contributed by atoms with Crippen LogP contribution >= 0.6 is 11.6 Å². The summed E-state index contributed by atoms with van der Waals surface area (Å²) in [5.74, 6) is -3.97. The number of benzene rings is 2. The molecule has 2 N–H and O–H groups in total. The van der Waals surface area contributed by atoms with Gasteiger partial charge in [0.1, 0.15) is 0 Å². The highest BCUT2D eigenvalue weighted by Gasteiger charge is 2.14. The van der Waals surface area contributed by atoms with E-state index in [4.69, 9.17) is 11.6 Å². The summed E-state index contributed by atoms with van der Waals surface area (Å²) in [5.41, 5.74) is 1.30. The summed E-state index contributed by atoms with van der Waals surface area (Å²) < 4.78 is 40.0. The van der Waals surface area contributed by atoms with Crippen molar-refractivity contribution in [3.05, 3.63) is 64.6 Å². The number of aryl methyl sites for hydroxylation is 1. The van der Waals surface area contributed by atoms with Crippen LogP contribution in [0.2, 0.25) is 5.02 Å². The van der Waals surface area contributed by atoms with E-state index >= 15 is 0 Å². The van der Waals surface area contributed by atoms with Crippen LogP contribution in [0.15, 0.2) is 36.5 Å². The Kier molecular flexibility index (Phi) is 4.71. The van der Waals surface area contributed by atoms with Crippen LogP contribution in [0.4, 0.5) is 36.3 Å². The van der Waals surface area contributed by atoms with Gasteiger partial charge in [-0.2, -0.15) is 10.1 Å². The predicted molar refractivity (Wildman–Crippen MR) is 88.9 cm³/mol. The molecule has 3 aromatic rings. The Hall–Kier alpha value is -2.87. The van der Waals surface area contributed by atoms with Gasteiger partial charge in [0, 0.05) is 10.7 Å². The second-order valence-corrected chi connectivity index (χ2v) is 5.53. The second kappa shape index (κ2) is 6.94. The topological polar surface area (TPSA) is 62.7 Å². The molecule has 25 heavy (non-hydrogen) atoms. The Morgan fingerprint density at radius 2 is 1.76 bits per heavy atom. The molecule has 3 rings (SSSR count). The van der Waals surface area contributed by atoms with Gasteiger partial charge in [0.2, 0.25) is 5.95 Å². The Labute approximate surface area is 145 Å². The van der Waals surface area contributed by atoms with E-state index in [1.54, 1.807) is 12.1 Å². The summed E-state index contributed by atoms with van der Waals surface area (Å²) in [7, 11) is 0. The molecule has 0 aliphatic rings. The molecular formula is C16H11ClF3N5. The van der Waals surface area contributed by atoms with Crippen molar-refractivity contribution in [1.29, 1.82) is 0 Å². The van der Waals surface area contributed by atoms with Crippen LogP contribution < -0.4 is 10.6 Å². The Morgan fingerprint density at radius 1 is 0.960 bits per heavy atom. The normalized spacial score (nSPS) is 10.6. The van der Waals surface area contributed by atoms with Crippen LogP contribution in [0.5, 0.6) is 0 Å². The highest BCUT2D eigenvalue weighted by molar-refractivity contribution is 6.30. The molecule has 0 aliphatic heterocycles. The summed E-state index contributed by atoms with van der Waals surface area (Å²) >= 11 is 5.95. The van der Waals surface area contributed by atoms with E-state index < -0.39 is 17.5 Å². The smallest absolute Gasteiger partial charge is 0.249 e. The van der Waals surface area contributed by atoms with Crippen molar-refractivity contribution < 1.29 is 13.2 Å². The molecule has 0 spiro atoms. The third-order valence-corrected chi connectivity index (χ3v) is 3.54. The number of hydrogen-bond donors (Lipinski definition) is 2. The minimum Gasteiger partial charge on any atom is -0.336 e. The molecule has 0 bridgehead atoms. The summed E-state index contributed by atoms with van der Waals surface area (Å²) in [6, 6.07) is 7.12. The first kappa shape index (κ1) is 17.0. The summed E-state index contributed by atoms with van der Waals surface area (Å²) in [4.78, 5) is 4.11. The van der Waals surface area contributed by atoms with Crippen LogP contribution in [0, 0.1) is 24.4 Å².